The molecular formula is C17H34N2O. The number of likely N-dealkylation sites (tertiary alicyclic amines) is 1. The molecule has 1 rings (SSSR count). The van der Waals surface area contributed by atoms with Gasteiger partial charge in [0.1, 0.15) is 0 Å². The van der Waals surface area contributed by atoms with Crippen LogP contribution in [0.2, 0.25) is 0 Å². The molecular weight excluding hydrogens is 248 g/mol. The van der Waals surface area contributed by atoms with Crippen molar-refractivity contribution in [3.8, 4) is 0 Å². The van der Waals surface area contributed by atoms with Gasteiger partial charge >= 0.3 is 0 Å². The van der Waals surface area contributed by atoms with Crippen LogP contribution in [0.4, 0.5) is 0 Å². The van der Waals surface area contributed by atoms with E-state index in [1.54, 1.807) is 0 Å². The van der Waals surface area contributed by atoms with Crippen LogP contribution in [0.1, 0.15) is 60.8 Å². The number of carbonyl (C=O) groups is 1. The van der Waals surface area contributed by atoms with Crippen molar-refractivity contribution in [2.45, 2.75) is 66.8 Å². The first-order valence-electron chi connectivity index (χ1n) is 8.29. The van der Waals surface area contributed by atoms with Crippen LogP contribution in [-0.4, -0.2) is 36.5 Å². The fraction of sp³-hybridized carbons (Fsp3) is 0.941. The summed E-state index contributed by atoms with van der Waals surface area (Å²) < 4.78 is 0. The van der Waals surface area contributed by atoms with Crippen LogP contribution in [0.25, 0.3) is 0 Å². The number of carbonyl (C=O) groups excluding carboxylic acids is 1. The monoisotopic (exact) mass is 282 g/mol. The van der Waals surface area contributed by atoms with Gasteiger partial charge in [0.2, 0.25) is 5.91 Å². The summed E-state index contributed by atoms with van der Waals surface area (Å²) in [4.78, 5) is 14.7. The van der Waals surface area contributed by atoms with E-state index >= 15 is 0 Å². The Kier molecular flexibility index (Phi) is 6.50. The third kappa shape index (κ3) is 5.43. The standard InChI is InChI=1S/C17H34N2O/c1-7-14(8-2)16(20)19-10-13(3)9-15(11-19)18-12-17(4,5)6/h13-15,18H,7-12H2,1-6H3. The van der Waals surface area contributed by atoms with Crippen LogP contribution in [0.5, 0.6) is 0 Å². The van der Waals surface area contributed by atoms with Crippen molar-refractivity contribution in [1.82, 2.24) is 10.2 Å². The van der Waals surface area contributed by atoms with E-state index < -0.39 is 0 Å². The predicted octanol–water partition coefficient (Wildman–Crippen LogP) is 3.30. The fourth-order valence-corrected chi connectivity index (χ4v) is 3.03. The summed E-state index contributed by atoms with van der Waals surface area (Å²) in [5.41, 5.74) is 0.297. The average molecular weight is 282 g/mol. The van der Waals surface area contributed by atoms with Gasteiger partial charge in [0.05, 0.1) is 0 Å². The summed E-state index contributed by atoms with van der Waals surface area (Å²) in [5, 5.41) is 3.66. The Morgan fingerprint density at radius 1 is 1.25 bits per heavy atom. The molecule has 1 saturated heterocycles. The van der Waals surface area contributed by atoms with Gasteiger partial charge in [0.15, 0.2) is 0 Å². The minimum atomic E-state index is 0.212. The van der Waals surface area contributed by atoms with Crippen molar-refractivity contribution in [3.63, 3.8) is 0 Å². The number of nitrogens with one attached hydrogen (secondary N) is 1. The molecule has 3 nitrogen and oxygen atoms in total. The van der Waals surface area contributed by atoms with Crippen molar-refractivity contribution in [2.75, 3.05) is 19.6 Å². The first-order chi connectivity index (χ1) is 9.26. The molecule has 1 aliphatic rings. The molecule has 2 atom stereocenters. The second-order valence-corrected chi connectivity index (χ2v) is 7.74. The van der Waals surface area contributed by atoms with Crippen molar-refractivity contribution >= 4 is 5.91 Å². The zero-order valence-electron chi connectivity index (χ0n) is 14.3. The lowest BCUT2D eigenvalue weighted by Gasteiger charge is -2.39. The Labute approximate surface area is 125 Å². The second kappa shape index (κ2) is 7.44. The maximum Gasteiger partial charge on any atom is 0.225 e. The molecule has 0 spiro atoms. The summed E-state index contributed by atoms with van der Waals surface area (Å²) >= 11 is 0. The molecule has 3 heteroatoms. The van der Waals surface area contributed by atoms with Gasteiger partial charge in [-0.1, -0.05) is 41.5 Å². The fourth-order valence-electron chi connectivity index (χ4n) is 3.03. The molecule has 1 aliphatic heterocycles. The molecule has 1 heterocycles. The quantitative estimate of drug-likeness (QED) is 0.839. The first kappa shape index (κ1) is 17.5. The highest BCUT2D eigenvalue weighted by Gasteiger charge is 2.30. The van der Waals surface area contributed by atoms with Crippen molar-refractivity contribution in [3.05, 3.63) is 0 Å². The third-order valence-corrected chi connectivity index (χ3v) is 4.23. The van der Waals surface area contributed by atoms with E-state index in [1.165, 1.54) is 6.42 Å². The van der Waals surface area contributed by atoms with Crippen LogP contribution >= 0.6 is 0 Å². The number of rotatable bonds is 5. The predicted molar refractivity (Wildman–Crippen MR) is 85.7 cm³/mol. The summed E-state index contributed by atoms with van der Waals surface area (Å²) in [6.45, 7) is 16.1. The molecule has 1 N–H and O–H groups in total. The summed E-state index contributed by atoms with van der Waals surface area (Å²) in [6.07, 6.45) is 3.10. The van der Waals surface area contributed by atoms with Gasteiger partial charge in [-0.05, 0) is 30.6 Å². The summed E-state index contributed by atoms with van der Waals surface area (Å²) in [7, 11) is 0. The van der Waals surface area contributed by atoms with Gasteiger partial charge in [-0.25, -0.2) is 0 Å². The summed E-state index contributed by atoms with van der Waals surface area (Å²) in [6, 6.07) is 0.455. The topological polar surface area (TPSA) is 32.3 Å². The molecule has 0 saturated carbocycles. The molecule has 20 heavy (non-hydrogen) atoms. The van der Waals surface area contributed by atoms with E-state index in [0.717, 1.165) is 32.5 Å². The molecule has 2 unspecified atom stereocenters. The Morgan fingerprint density at radius 2 is 1.85 bits per heavy atom. The summed E-state index contributed by atoms with van der Waals surface area (Å²) in [5.74, 6) is 1.17. The maximum absolute atomic E-state index is 12.6. The average Bonchev–Trinajstić information content (AvgIpc) is 2.36. The minimum absolute atomic E-state index is 0.212. The lowest BCUT2D eigenvalue weighted by Crippen LogP contribution is -2.53. The van der Waals surface area contributed by atoms with Crippen LogP contribution in [0, 0.1) is 17.3 Å². The Balaban J connectivity index is 2.59. The van der Waals surface area contributed by atoms with Gasteiger partial charge < -0.3 is 10.2 Å². The number of hydrogen-bond acceptors (Lipinski definition) is 2. The molecule has 0 aromatic heterocycles. The van der Waals surface area contributed by atoms with Crippen LogP contribution < -0.4 is 5.32 Å². The van der Waals surface area contributed by atoms with Gasteiger partial charge in [0.25, 0.3) is 0 Å². The van der Waals surface area contributed by atoms with Crippen molar-refractivity contribution in [1.29, 1.82) is 0 Å². The molecule has 0 radical (unpaired) electrons. The number of nitrogens with zero attached hydrogens (tertiary/aromatic N) is 1. The molecule has 0 aromatic rings. The van der Waals surface area contributed by atoms with Gasteiger partial charge in [-0.15, -0.1) is 0 Å². The largest absolute Gasteiger partial charge is 0.341 e. The second-order valence-electron chi connectivity index (χ2n) is 7.74. The SMILES string of the molecule is CCC(CC)C(=O)N1CC(C)CC(NCC(C)(C)C)C1. The number of hydrogen-bond donors (Lipinski definition) is 1. The number of amides is 1. The van der Waals surface area contributed by atoms with Gasteiger partial charge in [-0.3, -0.25) is 4.79 Å². The van der Waals surface area contributed by atoms with E-state index in [9.17, 15) is 4.79 Å². The maximum atomic E-state index is 12.6. The normalized spacial score (nSPS) is 24.2. The zero-order chi connectivity index (χ0) is 15.3. The van der Waals surface area contributed by atoms with Gasteiger partial charge in [0, 0.05) is 31.6 Å². The Morgan fingerprint density at radius 3 is 2.35 bits per heavy atom. The van der Waals surface area contributed by atoms with E-state index in [-0.39, 0.29) is 5.92 Å². The van der Waals surface area contributed by atoms with E-state index in [1.807, 2.05) is 0 Å². The first-order valence-corrected chi connectivity index (χ1v) is 8.29. The van der Waals surface area contributed by atoms with Gasteiger partial charge in [-0.2, -0.15) is 0 Å². The van der Waals surface area contributed by atoms with Crippen molar-refractivity contribution in [2.24, 2.45) is 17.3 Å². The minimum Gasteiger partial charge on any atom is -0.341 e. The third-order valence-electron chi connectivity index (χ3n) is 4.23. The molecule has 0 bridgehead atoms. The molecule has 1 amide bonds. The Bertz CT molecular complexity index is 305. The van der Waals surface area contributed by atoms with Crippen molar-refractivity contribution < 1.29 is 4.79 Å². The van der Waals surface area contributed by atoms with E-state index in [4.69, 9.17) is 0 Å². The highest BCUT2D eigenvalue weighted by atomic mass is 16.2. The smallest absolute Gasteiger partial charge is 0.225 e. The molecule has 0 aromatic carbocycles. The van der Waals surface area contributed by atoms with E-state index in [2.05, 4.69) is 51.8 Å². The van der Waals surface area contributed by atoms with Crippen LogP contribution in [0.15, 0.2) is 0 Å². The van der Waals surface area contributed by atoms with E-state index in [0.29, 0.717) is 23.3 Å². The van der Waals surface area contributed by atoms with Crippen LogP contribution in [-0.2, 0) is 4.79 Å². The highest BCUT2D eigenvalue weighted by molar-refractivity contribution is 5.78. The molecule has 1 fully saturated rings. The molecule has 118 valence electrons. The highest BCUT2D eigenvalue weighted by Crippen LogP contribution is 2.21. The Hall–Kier alpha value is -0.570. The zero-order valence-corrected chi connectivity index (χ0v) is 14.3. The van der Waals surface area contributed by atoms with Crippen LogP contribution in [0.3, 0.4) is 0 Å². The molecule has 0 aliphatic carbocycles. The number of piperidine rings is 1. The lowest BCUT2D eigenvalue weighted by atomic mass is 9.91. The lowest BCUT2D eigenvalue weighted by molar-refractivity contribution is -0.138.